The molecule has 0 saturated heterocycles. The molecule has 0 bridgehead atoms. The molecule has 0 spiro atoms. The van der Waals surface area contributed by atoms with Gasteiger partial charge in [-0.15, -0.1) is 0 Å². The molecule has 3 heteroatoms. The Labute approximate surface area is 67.7 Å². The summed E-state index contributed by atoms with van der Waals surface area (Å²) in [6.07, 6.45) is 0. The van der Waals surface area contributed by atoms with Gasteiger partial charge in [0.15, 0.2) is 0 Å². The van der Waals surface area contributed by atoms with Crippen molar-refractivity contribution < 1.29 is 0 Å². The molecular weight excluding hydrogens is 156 g/mol. The number of rotatable bonds is 3. The van der Waals surface area contributed by atoms with E-state index in [0.29, 0.717) is 11.2 Å². The average Bonchev–Trinajstić information content (AvgIpc) is 1.69. The van der Waals surface area contributed by atoms with Gasteiger partial charge in [-0.25, -0.2) is 0 Å². The van der Waals surface area contributed by atoms with E-state index < -0.39 is 0 Å². The second-order valence-corrected chi connectivity index (χ2v) is 3.41. The Hall–Kier alpha value is 1.05. The van der Waals surface area contributed by atoms with Crippen LogP contribution >= 0.6 is 37.9 Å². The monoisotopic (exact) mass is 168 g/mol. The first-order chi connectivity index (χ1) is 3.72. The van der Waals surface area contributed by atoms with Crippen LogP contribution < -0.4 is 0 Å². The number of thiol groups is 3. The maximum Gasteiger partial charge on any atom is 0.00323 e. The fraction of sp³-hybridized carbons (Fsp3) is 1.00. The van der Waals surface area contributed by atoms with E-state index in [4.69, 9.17) is 0 Å². The summed E-state index contributed by atoms with van der Waals surface area (Å²) in [6.45, 7) is 2.07. The largest absolute Gasteiger partial charge is 0.179 e. The summed E-state index contributed by atoms with van der Waals surface area (Å²) < 4.78 is 0. The van der Waals surface area contributed by atoms with Gasteiger partial charge in [-0.2, -0.15) is 37.9 Å². The molecule has 0 heterocycles. The third-order valence-corrected chi connectivity index (χ3v) is 2.51. The summed E-state index contributed by atoms with van der Waals surface area (Å²) in [6, 6.07) is 0. The molecule has 0 aromatic rings. The Morgan fingerprint density at radius 1 is 1.25 bits per heavy atom. The summed E-state index contributed by atoms with van der Waals surface area (Å²) >= 11 is 12.5. The van der Waals surface area contributed by atoms with E-state index in [2.05, 4.69) is 44.8 Å². The molecule has 0 aromatic carbocycles. The van der Waals surface area contributed by atoms with Crippen molar-refractivity contribution in [2.24, 2.45) is 5.92 Å². The van der Waals surface area contributed by atoms with Crippen LogP contribution in [0.5, 0.6) is 0 Å². The minimum absolute atomic E-state index is 0.421. The lowest BCUT2D eigenvalue weighted by Crippen LogP contribution is -2.14. The lowest BCUT2D eigenvalue weighted by Gasteiger charge is -2.13. The van der Waals surface area contributed by atoms with Gasteiger partial charge < -0.3 is 0 Å². The van der Waals surface area contributed by atoms with Crippen molar-refractivity contribution in [3.05, 3.63) is 0 Å². The standard InChI is InChI=1S/C5H12S3/c1-4(8)5(2-6)3-7/h4-8H,2-3H2,1H3. The van der Waals surface area contributed by atoms with Crippen LogP contribution in [0.4, 0.5) is 0 Å². The van der Waals surface area contributed by atoms with Crippen LogP contribution in [0.1, 0.15) is 6.92 Å². The van der Waals surface area contributed by atoms with Gasteiger partial charge in [0.1, 0.15) is 0 Å². The zero-order chi connectivity index (χ0) is 6.57. The van der Waals surface area contributed by atoms with E-state index in [-0.39, 0.29) is 0 Å². The van der Waals surface area contributed by atoms with E-state index in [1.54, 1.807) is 0 Å². The van der Waals surface area contributed by atoms with Crippen molar-refractivity contribution in [2.75, 3.05) is 11.5 Å². The first-order valence-electron chi connectivity index (χ1n) is 2.62. The predicted octanol–water partition coefficient (Wildman–Crippen LogP) is 1.78. The molecule has 0 aliphatic carbocycles. The third kappa shape index (κ3) is 3.15. The fourth-order valence-corrected chi connectivity index (χ4v) is 2.00. The molecule has 0 saturated carbocycles. The molecule has 0 amide bonds. The summed E-state index contributed by atoms with van der Waals surface area (Å²) in [5.74, 6) is 2.31. The Kier molecular flexibility index (Phi) is 5.53. The minimum Gasteiger partial charge on any atom is -0.179 e. The second kappa shape index (κ2) is 4.89. The van der Waals surface area contributed by atoms with Crippen LogP contribution in [0.3, 0.4) is 0 Å². The van der Waals surface area contributed by atoms with Gasteiger partial charge in [0, 0.05) is 5.25 Å². The lowest BCUT2D eigenvalue weighted by molar-refractivity contribution is 0.672. The SMILES string of the molecule is CC(S)C(CS)CS. The zero-order valence-electron chi connectivity index (χ0n) is 4.91. The lowest BCUT2D eigenvalue weighted by atomic mass is 10.1. The second-order valence-electron chi connectivity index (χ2n) is 1.87. The Bertz CT molecular complexity index is 49.6. The fourth-order valence-electron chi connectivity index (χ4n) is 0.363. The molecule has 1 unspecified atom stereocenters. The van der Waals surface area contributed by atoms with Crippen molar-refractivity contribution in [1.29, 1.82) is 0 Å². The predicted molar refractivity (Wildman–Crippen MR) is 49.6 cm³/mol. The van der Waals surface area contributed by atoms with Crippen LogP contribution in [0.25, 0.3) is 0 Å². The highest BCUT2D eigenvalue weighted by molar-refractivity contribution is 7.82. The molecule has 0 aromatic heterocycles. The van der Waals surface area contributed by atoms with Crippen molar-refractivity contribution in [2.45, 2.75) is 12.2 Å². The molecule has 0 nitrogen and oxygen atoms in total. The van der Waals surface area contributed by atoms with Crippen LogP contribution in [-0.2, 0) is 0 Å². The van der Waals surface area contributed by atoms with Gasteiger partial charge in [-0.1, -0.05) is 6.92 Å². The molecular formula is C5H12S3. The Balaban J connectivity index is 3.35. The Morgan fingerprint density at radius 3 is 1.62 bits per heavy atom. The van der Waals surface area contributed by atoms with Gasteiger partial charge in [-0.05, 0) is 17.4 Å². The van der Waals surface area contributed by atoms with E-state index in [1.807, 2.05) is 0 Å². The molecule has 0 radical (unpaired) electrons. The topological polar surface area (TPSA) is 0 Å². The first-order valence-corrected chi connectivity index (χ1v) is 4.40. The summed E-state index contributed by atoms with van der Waals surface area (Å²) in [5, 5.41) is 0.421. The van der Waals surface area contributed by atoms with E-state index in [0.717, 1.165) is 11.5 Å². The van der Waals surface area contributed by atoms with Gasteiger partial charge in [0.25, 0.3) is 0 Å². The molecule has 1 atom stereocenters. The molecule has 8 heavy (non-hydrogen) atoms. The quantitative estimate of drug-likeness (QED) is 0.526. The first kappa shape index (κ1) is 9.05. The van der Waals surface area contributed by atoms with Crippen molar-refractivity contribution in [3.8, 4) is 0 Å². The normalized spacial score (nSPS) is 14.6. The smallest absolute Gasteiger partial charge is 0.00323 e. The van der Waals surface area contributed by atoms with E-state index in [1.165, 1.54) is 0 Å². The van der Waals surface area contributed by atoms with Crippen LogP contribution in [0.15, 0.2) is 0 Å². The van der Waals surface area contributed by atoms with Gasteiger partial charge in [0.2, 0.25) is 0 Å². The summed E-state index contributed by atoms with van der Waals surface area (Å²) in [4.78, 5) is 0. The maximum atomic E-state index is 4.26. The van der Waals surface area contributed by atoms with E-state index in [9.17, 15) is 0 Å². The van der Waals surface area contributed by atoms with Gasteiger partial charge >= 0.3 is 0 Å². The number of hydrogen-bond donors (Lipinski definition) is 3. The minimum atomic E-state index is 0.421. The maximum absolute atomic E-state index is 4.26. The highest BCUT2D eigenvalue weighted by atomic mass is 32.1. The van der Waals surface area contributed by atoms with Crippen molar-refractivity contribution in [3.63, 3.8) is 0 Å². The van der Waals surface area contributed by atoms with Crippen molar-refractivity contribution in [1.82, 2.24) is 0 Å². The molecule has 0 fully saturated rings. The highest BCUT2D eigenvalue weighted by Gasteiger charge is 2.08. The third-order valence-electron chi connectivity index (χ3n) is 1.15. The molecule has 0 rings (SSSR count). The average molecular weight is 168 g/mol. The van der Waals surface area contributed by atoms with Gasteiger partial charge in [0.05, 0.1) is 0 Å². The van der Waals surface area contributed by atoms with E-state index >= 15 is 0 Å². The van der Waals surface area contributed by atoms with Crippen LogP contribution in [0, 0.1) is 5.92 Å². The number of hydrogen-bond acceptors (Lipinski definition) is 3. The molecule has 0 aliphatic heterocycles. The Morgan fingerprint density at radius 2 is 1.62 bits per heavy atom. The van der Waals surface area contributed by atoms with Crippen LogP contribution in [-0.4, -0.2) is 16.8 Å². The van der Waals surface area contributed by atoms with Crippen LogP contribution in [0.2, 0.25) is 0 Å². The molecule has 0 N–H and O–H groups in total. The zero-order valence-corrected chi connectivity index (χ0v) is 7.59. The molecule has 50 valence electrons. The highest BCUT2D eigenvalue weighted by Crippen LogP contribution is 2.12. The summed E-state index contributed by atoms with van der Waals surface area (Å²) in [5.41, 5.74) is 0. The van der Waals surface area contributed by atoms with Gasteiger partial charge in [-0.3, -0.25) is 0 Å². The summed E-state index contributed by atoms with van der Waals surface area (Å²) in [7, 11) is 0. The van der Waals surface area contributed by atoms with Crippen molar-refractivity contribution >= 4 is 37.9 Å². The molecule has 0 aliphatic rings.